The summed E-state index contributed by atoms with van der Waals surface area (Å²) in [6, 6.07) is 8.47. The molecule has 0 aliphatic carbocycles. The summed E-state index contributed by atoms with van der Waals surface area (Å²) in [6.45, 7) is 2.01. The lowest BCUT2D eigenvalue weighted by Crippen LogP contribution is -2.33. The number of anilines is 1. The van der Waals surface area contributed by atoms with E-state index < -0.39 is 0 Å². The maximum atomic E-state index is 11.5. The van der Waals surface area contributed by atoms with Gasteiger partial charge in [-0.25, -0.2) is 0 Å². The third kappa shape index (κ3) is 5.67. The molecule has 2 atom stereocenters. The van der Waals surface area contributed by atoms with Gasteiger partial charge in [-0.05, 0) is 36.8 Å². The van der Waals surface area contributed by atoms with Gasteiger partial charge in [-0.1, -0.05) is 12.1 Å². The Hall–Kier alpha value is -0.810. The van der Waals surface area contributed by atoms with Gasteiger partial charge < -0.3 is 10.2 Å². The largest absolute Gasteiger partial charge is 0.378 e. The van der Waals surface area contributed by atoms with Gasteiger partial charge in [0.1, 0.15) is 0 Å². The van der Waals surface area contributed by atoms with Crippen LogP contribution in [0, 0.1) is 0 Å². The van der Waals surface area contributed by atoms with Crippen LogP contribution in [0.3, 0.4) is 0 Å². The lowest BCUT2D eigenvalue weighted by atomic mass is 10.0. The summed E-state index contributed by atoms with van der Waals surface area (Å²) >= 11 is 8.70. The van der Waals surface area contributed by atoms with Crippen LogP contribution < -0.4 is 10.2 Å². The first-order valence-corrected chi connectivity index (χ1v) is 7.94. The predicted octanol–water partition coefficient (Wildman–Crippen LogP) is 2.94. The van der Waals surface area contributed by atoms with Crippen LogP contribution in [0.4, 0.5) is 5.69 Å². The Morgan fingerprint density at radius 1 is 1.30 bits per heavy atom. The summed E-state index contributed by atoms with van der Waals surface area (Å²) in [5.74, 6) is 0.630. The molecule has 3 nitrogen and oxygen atoms in total. The van der Waals surface area contributed by atoms with Crippen LogP contribution >= 0.6 is 25.3 Å². The fourth-order valence-electron chi connectivity index (χ4n) is 1.97. The third-order valence-electron chi connectivity index (χ3n) is 3.12. The first-order chi connectivity index (χ1) is 9.43. The molecule has 0 radical (unpaired) electrons. The number of hydrogen-bond acceptors (Lipinski definition) is 4. The molecule has 112 valence electrons. The smallest absolute Gasteiger partial charge is 0.221 e. The first kappa shape index (κ1) is 17.2. The highest BCUT2D eigenvalue weighted by molar-refractivity contribution is 7.80. The lowest BCUT2D eigenvalue weighted by molar-refractivity contribution is -0.121. The van der Waals surface area contributed by atoms with Crippen molar-refractivity contribution in [3.63, 3.8) is 0 Å². The van der Waals surface area contributed by atoms with Crippen molar-refractivity contribution in [3.05, 3.63) is 29.8 Å². The Labute approximate surface area is 132 Å². The summed E-state index contributed by atoms with van der Waals surface area (Å²) in [5, 5.41) is 3.09. The predicted molar refractivity (Wildman–Crippen MR) is 93.2 cm³/mol. The molecule has 0 saturated carbocycles. The number of thiol groups is 2. The van der Waals surface area contributed by atoms with E-state index in [1.165, 1.54) is 11.3 Å². The second-order valence-corrected chi connectivity index (χ2v) is 6.25. The van der Waals surface area contributed by atoms with E-state index in [1.54, 1.807) is 0 Å². The van der Waals surface area contributed by atoms with E-state index in [2.05, 4.69) is 59.7 Å². The molecule has 2 unspecified atom stereocenters. The minimum absolute atomic E-state index is 0.0518. The van der Waals surface area contributed by atoms with E-state index in [0.717, 1.165) is 6.42 Å². The molecule has 1 amide bonds. The minimum Gasteiger partial charge on any atom is -0.378 e. The molecule has 1 aromatic rings. The summed E-state index contributed by atoms with van der Waals surface area (Å²) in [4.78, 5) is 13.6. The monoisotopic (exact) mass is 312 g/mol. The number of hydrogen-bond donors (Lipinski definition) is 3. The van der Waals surface area contributed by atoms with Crippen molar-refractivity contribution in [3.8, 4) is 0 Å². The molecule has 0 aliphatic heterocycles. The van der Waals surface area contributed by atoms with Crippen LogP contribution in [0.15, 0.2) is 24.3 Å². The van der Waals surface area contributed by atoms with E-state index in [4.69, 9.17) is 0 Å². The molecule has 0 aliphatic rings. The molecule has 1 N–H and O–H groups in total. The fourth-order valence-corrected chi connectivity index (χ4v) is 2.66. The molecule has 20 heavy (non-hydrogen) atoms. The number of amides is 1. The van der Waals surface area contributed by atoms with Gasteiger partial charge in [-0.3, -0.25) is 4.79 Å². The number of carbonyl (C=O) groups excluding carboxylic acids is 1. The van der Waals surface area contributed by atoms with Crippen LogP contribution in [-0.4, -0.2) is 31.8 Å². The molecular formula is C15H24N2OS2. The average molecular weight is 313 g/mol. The second-order valence-electron chi connectivity index (χ2n) is 5.18. The van der Waals surface area contributed by atoms with Gasteiger partial charge in [-0.2, -0.15) is 25.3 Å². The second kappa shape index (κ2) is 8.47. The van der Waals surface area contributed by atoms with Crippen molar-refractivity contribution < 1.29 is 4.79 Å². The van der Waals surface area contributed by atoms with Crippen molar-refractivity contribution in [1.82, 2.24) is 5.32 Å². The summed E-state index contributed by atoms with van der Waals surface area (Å²) < 4.78 is 0. The van der Waals surface area contributed by atoms with Gasteiger partial charge in [0.2, 0.25) is 5.91 Å². The van der Waals surface area contributed by atoms with E-state index >= 15 is 0 Å². The summed E-state index contributed by atoms with van der Waals surface area (Å²) in [6.07, 6.45) is 1.27. The zero-order valence-corrected chi connectivity index (χ0v) is 14.1. The molecule has 0 fully saturated rings. The molecule has 0 spiro atoms. The fraction of sp³-hybridized carbons (Fsp3) is 0.533. The van der Waals surface area contributed by atoms with Crippen LogP contribution in [0.2, 0.25) is 0 Å². The Kier molecular flexibility index (Phi) is 7.30. The van der Waals surface area contributed by atoms with E-state index in [0.29, 0.717) is 12.2 Å². The Morgan fingerprint density at radius 2 is 1.90 bits per heavy atom. The SMILES string of the molecule is CC(CC(S)c1ccc(N(C)C)cc1)NC(=O)CCS. The van der Waals surface area contributed by atoms with Crippen LogP contribution in [0.25, 0.3) is 0 Å². The van der Waals surface area contributed by atoms with Crippen LogP contribution in [0.5, 0.6) is 0 Å². The molecule has 5 heteroatoms. The highest BCUT2D eigenvalue weighted by atomic mass is 32.1. The average Bonchev–Trinajstić information content (AvgIpc) is 2.38. The van der Waals surface area contributed by atoms with Gasteiger partial charge >= 0.3 is 0 Å². The molecular weight excluding hydrogens is 288 g/mol. The number of nitrogens with zero attached hydrogens (tertiary/aromatic N) is 1. The van der Waals surface area contributed by atoms with Gasteiger partial charge in [0.05, 0.1) is 0 Å². The topological polar surface area (TPSA) is 32.3 Å². The molecule has 1 rings (SSSR count). The van der Waals surface area contributed by atoms with Gasteiger partial charge in [-0.15, -0.1) is 0 Å². The number of carbonyl (C=O) groups is 1. The van der Waals surface area contributed by atoms with Crippen LogP contribution in [0.1, 0.15) is 30.6 Å². The molecule has 1 aromatic carbocycles. The van der Waals surface area contributed by atoms with E-state index in [-0.39, 0.29) is 17.2 Å². The zero-order chi connectivity index (χ0) is 15.1. The Morgan fingerprint density at radius 3 is 2.40 bits per heavy atom. The third-order valence-corrected chi connectivity index (χ3v) is 3.85. The Bertz CT molecular complexity index is 420. The molecule has 0 heterocycles. The van der Waals surface area contributed by atoms with Crippen molar-refractivity contribution in [2.75, 3.05) is 24.7 Å². The lowest BCUT2D eigenvalue weighted by Gasteiger charge is -2.19. The molecule has 0 saturated heterocycles. The van der Waals surface area contributed by atoms with Crippen molar-refractivity contribution >= 4 is 36.9 Å². The molecule has 0 aromatic heterocycles. The van der Waals surface area contributed by atoms with E-state index in [1.807, 2.05) is 21.0 Å². The maximum Gasteiger partial charge on any atom is 0.221 e. The van der Waals surface area contributed by atoms with Crippen molar-refractivity contribution in [1.29, 1.82) is 0 Å². The van der Waals surface area contributed by atoms with E-state index in [9.17, 15) is 4.79 Å². The van der Waals surface area contributed by atoms with Crippen molar-refractivity contribution in [2.45, 2.75) is 31.1 Å². The summed E-state index contributed by atoms with van der Waals surface area (Å²) in [5.41, 5.74) is 2.35. The first-order valence-electron chi connectivity index (χ1n) is 6.79. The highest BCUT2D eigenvalue weighted by Gasteiger charge is 2.13. The van der Waals surface area contributed by atoms with Crippen molar-refractivity contribution in [2.24, 2.45) is 0 Å². The number of rotatable bonds is 7. The standard InChI is InChI=1S/C15H24N2OS2/c1-11(16-15(18)8-9-19)10-14(20)12-4-6-13(7-5-12)17(2)3/h4-7,11,14,19-20H,8-10H2,1-3H3,(H,16,18). The van der Waals surface area contributed by atoms with Gasteiger partial charge in [0, 0.05) is 37.5 Å². The van der Waals surface area contributed by atoms with Crippen LogP contribution in [-0.2, 0) is 4.79 Å². The minimum atomic E-state index is 0.0518. The normalized spacial score (nSPS) is 13.7. The van der Waals surface area contributed by atoms with Gasteiger partial charge in [0.15, 0.2) is 0 Å². The Balaban J connectivity index is 2.53. The maximum absolute atomic E-state index is 11.5. The summed E-state index contributed by atoms with van der Waals surface area (Å²) in [7, 11) is 4.04. The highest BCUT2D eigenvalue weighted by Crippen LogP contribution is 2.26. The quantitative estimate of drug-likeness (QED) is 0.677. The number of benzene rings is 1. The number of nitrogens with one attached hydrogen (secondary N) is 1. The van der Waals surface area contributed by atoms with Gasteiger partial charge in [0.25, 0.3) is 0 Å². The molecule has 0 bridgehead atoms. The zero-order valence-electron chi connectivity index (χ0n) is 12.3.